The van der Waals surface area contributed by atoms with Crippen LogP contribution in [0.25, 0.3) is 11.4 Å². The number of aromatic nitrogens is 3. The van der Waals surface area contributed by atoms with Crippen molar-refractivity contribution in [3.8, 4) is 17.1 Å². The summed E-state index contributed by atoms with van der Waals surface area (Å²) in [6, 6.07) is 12.8. The van der Waals surface area contributed by atoms with Crippen molar-refractivity contribution in [2.24, 2.45) is 5.10 Å². The minimum absolute atomic E-state index is 0.373. The first-order valence-electron chi connectivity index (χ1n) is 7.48. The van der Waals surface area contributed by atoms with E-state index in [1.807, 2.05) is 31.2 Å². The second-order valence-corrected chi connectivity index (χ2v) is 6.27. The van der Waals surface area contributed by atoms with Crippen LogP contribution in [0.3, 0.4) is 0 Å². The van der Waals surface area contributed by atoms with Crippen LogP contribution in [0.5, 0.6) is 5.75 Å². The van der Waals surface area contributed by atoms with Crippen molar-refractivity contribution in [3.63, 3.8) is 0 Å². The van der Waals surface area contributed by atoms with Gasteiger partial charge in [-0.05, 0) is 43.4 Å². The number of nitrogens with zero attached hydrogens (tertiary/aromatic N) is 3. The number of aromatic amines is 1. The van der Waals surface area contributed by atoms with E-state index in [2.05, 4.69) is 15.3 Å². The van der Waals surface area contributed by atoms with E-state index in [4.69, 9.17) is 40.2 Å². The Labute approximate surface area is 159 Å². The zero-order valence-electron chi connectivity index (χ0n) is 13.2. The molecule has 1 heterocycles. The van der Waals surface area contributed by atoms with Crippen molar-refractivity contribution in [1.82, 2.24) is 14.9 Å². The molecule has 0 fully saturated rings. The number of hydrogen-bond donors (Lipinski definition) is 1. The Morgan fingerprint density at radius 2 is 2.12 bits per heavy atom. The third-order valence-corrected chi connectivity index (χ3v) is 4.16. The van der Waals surface area contributed by atoms with Crippen LogP contribution >= 0.6 is 35.4 Å². The topological polar surface area (TPSA) is 55.2 Å². The quantitative estimate of drug-likeness (QED) is 0.479. The highest BCUT2D eigenvalue weighted by atomic mass is 35.5. The fourth-order valence-electron chi connectivity index (χ4n) is 2.20. The number of nitrogens with one attached hydrogen (secondary N) is 1. The minimum atomic E-state index is 0.373. The van der Waals surface area contributed by atoms with Gasteiger partial charge in [0.25, 0.3) is 0 Å². The lowest BCUT2D eigenvalue weighted by Crippen LogP contribution is -1.96. The highest BCUT2D eigenvalue weighted by molar-refractivity contribution is 7.71. The average Bonchev–Trinajstić information content (AvgIpc) is 2.95. The van der Waals surface area contributed by atoms with E-state index in [1.54, 1.807) is 24.4 Å². The van der Waals surface area contributed by atoms with Gasteiger partial charge >= 0.3 is 0 Å². The fourth-order valence-corrected chi connectivity index (χ4v) is 2.84. The molecule has 3 aromatic rings. The molecule has 0 amide bonds. The molecule has 5 nitrogen and oxygen atoms in total. The van der Waals surface area contributed by atoms with Crippen LogP contribution in [0.2, 0.25) is 10.0 Å². The molecular weight excluding hydrogens is 379 g/mol. The van der Waals surface area contributed by atoms with Crippen LogP contribution in [-0.2, 0) is 0 Å². The maximum absolute atomic E-state index is 6.17. The van der Waals surface area contributed by atoms with Gasteiger partial charge in [0.1, 0.15) is 5.75 Å². The molecule has 0 bridgehead atoms. The maximum Gasteiger partial charge on any atom is 0.216 e. The molecule has 0 aliphatic rings. The van der Waals surface area contributed by atoms with E-state index in [-0.39, 0.29) is 0 Å². The van der Waals surface area contributed by atoms with Crippen LogP contribution in [0, 0.1) is 4.77 Å². The molecule has 3 rings (SSSR count). The molecule has 8 heteroatoms. The van der Waals surface area contributed by atoms with Crippen LogP contribution in [-0.4, -0.2) is 27.7 Å². The lowest BCUT2D eigenvalue weighted by molar-refractivity contribution is 0.340. The first-order valence-corrected chi connectivity index (χ1v) is 8.65. The molecule has 0 aliphatic carbocycles. The van der Waals surface area contributed by atoms with Crippen molar-refractivity contribution in [2.75, 3.05) is 6.61 Å². The van der Waals surface area contributed by atoms with E-state index in [0.717, 1.165) is 16.9 Å². The Morgan fingerprint density at radius 3 is 2.88 bits per heavy atom. The van der Waals surface area contributed by atoms with Crippen LogP contribution in [0.15, 0.2) is 47.6 Å². The highest BCUT2D eigenvalue weighted by Crippen LogP contribution is 2.23. The van der Waals surface area contributed by atoms with Gasteiger partial charge in [-0.1, -0.05) is 41.4 Å². The molecule has 0 saturated carbocycles. The van der Waals surface area contributed by atoms with Crippen molar-refractivity contribution in [3.05, 3.63) is 62.8 Å². The summed E-state index contributed by atoms with van der Waals surface area (Å²) < 4.78 is 7.44. The van der Waals surface area contributed by atoms with E-state index in [9.17, 15) is 0 Å². The fraction of sp³-hybridized carbons (Fsp3) is 0.118. The summed E-state index contributed by atoms with van der Waals surface area (Å²) in [4.78, 5) is 0. The molecule has 0 atom stereocenters. The standard InChI is InChI=1S/C17H14Cl2N4OS/c1-2-24-14-5-3-4-11(8-14)16-21-22-17(25)23(16)20-10-12-6-7-13(18)9-15(12)19/h3-10H,2H2,1H3,(H,22,25)/b20-10-. The lowest BCUT2D eigenvalue weighted by Gasteiger charge is -2.05. The van der Waals surface area contributed by atoms with Gasteiger partial charge in [0.2, 0.25) is 4.77 Å². The Morgan fingerprint density at radius 1 is 1.28 bits per heavy atom. The predicted octanol–water partition coefficient (Wildman–Crippen LogP) is 5.20. The van der Waals surface area contributed by atoms with E-state index in [0.29, 0.717) is 27.2 Å². The monoisotopic (exact) mass is 392 g/mol. The summed E-state index contributed by atoms with van der Waals surface area (Å²) in [6.07, 6.45) is 1.61. The summed E-state index contributed by atoms with van der Waals surface area (Å²) in [5.41, 5.74) is 1.56. The highest BCUT2D eigenvalue weighted by Gasteiger charge is 2.09. The van der Waals surface area contributed by atoms with Crippen LogP contribution < -0.4 is 4.74 Å². The van der Waals surface area contributed by atoms with Crippen LogP contribution in [0.4, 0.5) is 0 Å². The molecule has 0 saturated heterocycles. The molecule has 0 spiro atoms. The summed E-state index contributed by atoms with van der Waals surface area (Å²) in [6.45, 7) is 2.52. The largest absolute Gasteiger partial charge is 0.494 e. The maximum atomic E-state index is 6.17. The van der Waals surface area contributed by atoms with Crippen molar-refractivity contribution in [2.45, 2.75) is 6.92 Å². The Balaban J connectivity index is 1.98. The molecule has 0 radical (unpaired) electrons. The summed E-state index contributed by atoms with van der Waals surface area (Å²) in [7, 11) is 0. The average molecular weight is 393 g/mol. The van der Waals surface area contributed by atoms with Gasteiger partial charge in [0.15, 0.2) is 5.82 Å². The Kier molecular flexibility index (Phi) is 5.53. The van der Waals surface area contributed by atoms with Crippen LogP contribution in [0.1, 0.15) is 12.5 Å². The molecule has 0 unspecified atom stereocenters. The lowest BCUT2D eigenvalue weighted by atomic mass is 10.2. The second kappa shape index (κ2) is 7.82. The minimum Gasteiger partial charge on any atom is -0.494 e. The number of ether oxygens (including phenoxy) is 1. The molecule has 1 N–H and O–H groups in total. The van der Waals surface area contributed by atoms with Gasteiger partial charge in [0, 0.05) is 16.1 Å². The van der Waals surface area contributed by atoms with E-state index in [1.165, 1.54) is 4.68 Å². The molecule has 2 aromatic carbocycles. The first kappa shape index (κ1) is 17.7. The van der Waals surface area contributed by atoms with Crippen molar-refractivity contribution >= 4 is 41.6 Å². The van der Waals surface area contributed by atoms with Gasteiger partial charge < -0.3 is 4.74 Å². The number of halogens is 2. The molecule has 128 valence electrons. The van der Waals surface area contributed by atoms with Gasteiger partial charge in [0.05, 0.1) is 17.8 Å². The smallest absolute Gasteiger partial charge is 0.216 e. The third kappa shape index (κ3) is 4.10. The van der Waals surface area contributed by atoms with Crippen molar-refractivity contribution in [1.29, 1.82) is 0 Å². The zero-order chi connectivity index (χ0) is 17.8. The van der Waals surface area contributed by atoms with Gasteiger partial charge in [-0.3, -0.25) is 0 Å². The van der Waals surface area contributed by atoms with Crippen molar-refractivity contribution < 1.29 is 4.74 Å². The second-order valence-electron chi connectivity index (χ2n) is 5.04. The number of H-pyrrole nitrogens is 1. The predicted molar refractivity (Wildman–Crippen MR) is 103 cm³/mol. The van der Waals surface area contributed by atoms with E-state index >= 15 is 0 Å². The molecule has 0 aliphatic heterocycles. The first-order chi connectivity index (χ1) is 12.1. The van der Waals surface area contributed by atoms with Gasteiger partial charge in [-0.15, -0.1) is 0 Å². The molecule has 1 aromatic heterocycles. The molecule has 25 heavy (non-hydrogen) atoms. The zero-order valence-corrected chi connectivity index (χ0v) is 15.6. The number of hydrogen-bond acceptors (Lipinski definition) is 4. The Hall–Kier alpha value is -2.15. The number of rotatable bonds is 5. The van der Waals surface area contributed by atoms with Gasteiger partial charge in [-0.25, -0.2) is 5.10 Å². The normalized spacial score (nSPS) is 11.2. The number of benzene rings is 2. The van der Waals surface area contributed by atoms with E-state index < -0.39 is 0 Å². The summed E-state index contributed by atoms with van der Waals surface area (Å²) in [5.74, 6) is 1.33. The molecular formula is C17H14Cl2N4OS. The summed E-state index contributed by atoms with van der Waals surface area (Å²) >= 11 is 17.4. The SMILES string of the molecule is CCOc1cccc(-c2n[nH]c(=S)n2/N=C\c2ccc(Cl)cc2Cl)c1. The summed E-state index contributed by atoms with van der Waals surface area (Å²) in [5, 5.41) is 12.5. The third-order valence-electron chi connectivity index (χ3n) is 3.33. The van der Waals surface area contributed by atoms with Gasteiger partial charge in [-0.2, -0.15) is 14.9 Å². The Bertz CT molecular complexity index is 981.